The Bertz CT molecular complexity index is 835. The van der Waals surface area contributed by atoms with Gasteiger partial charge in [0.25, 0.3) is 0 Å². The number of ether oxygens (including phenoxy) is 4. The first-order valence-corrected chi connectivity index (χ1v) is 9.26. The summed E-state index contributed by atoms with van der Waals surface area (Å²) in [5.74, 6) is 2.86. The minimum Gasteiger partial charge on any atom is -0.490 e. The smallest absolute Gasteiger partial charge is 0.224 e. The van der Waals surface area contributed by atoms with Gasteiger partial charge in [-0.1, -0.05) is 12.1 Å². The highest BCUT2D eigenvalue weighted by atomic mass is 16.6. The Kier molecular flexibility index (Phi) is 5.05. The first-order chi connectivity index (χ1) is 13.2. The van der Waals surface area contributed by atoms with Crippen LogP contribution in [0.5, 0.6) is 23.0 Å². The number of carbonyl (C=O) groups is 1. The van der Waals surface area contributed by atoms with Gasteiger partial charge >= 0.3 is 0 Å². The van der Waals surface area contributed by atoms with Crippen molar-refractivity contribution in [3.8, 4) is 23.0 Å². The van der Waals surface area contributed by atoms with Crippen molar-refractivity contribution in [3.05, 3.63) is 47.5 Å². The van der Waals surface area contributed by atoms with Crippen LogP contribution in [-0.4, -0.2) is 32.3 Å². The van der Waals surface area contributed by atoms with Crippen molar-refractivity contribution >= 4 is 5.91 Å². The molecule has 27 heavy (non-hydrogen) atoms. The summed E-state index contributed by atoms with van der Waals surface area (Å²) in [6.45, 7) is 4.35. The third kappa shape index (κ3) is 4.10. The lowest BCUT2D eigenvalue weighted by Crippen LogP contribution is -2.28. The molecule has 0 bridgehead atoms. The SMILES string of the molecule is C[C@H](NC(=O)Cc1ccc2c(c1)OCCO2)c1ccc2c(c1)OCCCO2. The molecule has 0 saturated heterocycles. The van der Waals surface area contributed by atoms with Crippen LogP contribution in [-0.2, 0) is 11.2 Å². The highest BCUT2D eigenvalue weighted by Gasteiger charge is 2.17. The van der Waals surface area contributed by atoms with Crippen LogP contribution in [0.15, 0.2) is 36.4 Å². The maximum absolute atomic E-state index is 12.5. The maximum atomic E-state index is 12.5. The van der Waals surface area contributed by atoms with Crippen LogP contribution >= 0.6 is 0 Å². The van der Waals surface area contributed by atoms with Crippen LogP contribution < -0.4 is 24.3 Å². The predicted molar refractivity (Wildman–Crippen MR) is 99.7 cm³/mol. The lowest BCUT2D eigenvalue weighted by Gasteiger charge is -2.19. The van der Waals surface area contributed by atoms with Gasteiger partial charge in [-0.3, -0.25) is 4.79 Å². The third-order valence-corrected chi connectivity index (χ3v) is 4.62. The number of carbonyl (C=O) groups excluding carboxylic acids is 1. The molecule has 2 aromatic rings. The first-order valence-electron chi connectivity index (χ1n) is 9.26. The number of fused-ring (bicyclic) bond motifs is 2. The van der Waals surface area contributed by atoms with Crippen LogP contribution in [0.2, 0.25) is 0 Å². The molecule has 1 amide bonds. The van der Waals surface area contributed by atoms with Crippen LogP contribution in [0, 0.1) is 0 Å². The molecule has 1 atom stereocenters. The zero-order valence-electron chi connectivity index (χ0n) is 15.3. The molecule has 0 fully saturated rings. The van der Waals surface area contributed by atoms with E-state index < -0.39 is 0 Å². The first kappa shape index (κ1) is 17.5. The second-order valence-electron chi connectivity index (χ2n) is 6.70. The molecule has 6 heteroatoms. The summed E-state index contributed by atoms with van der Waals surface area (Å²) in [7, 11) is 0. The quantitative estimate of drug-likeness (QED) is 0.897. The average molecular weight is 369 g/mol. The normalized spacial score (nSPS) is 16.2. The molecule has 6 nitrogen and oxygen atoms in total. The van der Waals surface area contributed by atoms with E-state index in [2.05, 4.69) is 5.32 Å². The van der Waals surface area contributed by atoms with Gasteiger partial charge in [0.15, 0.2) is 23.0 Å². The molecule has 0 unspecified atom stereocenters. The van der Waals surface area contributed by atoms with E-state index in [1.54, 1.807) is 0 Å². The number of amides is 1. The lowest BCUT2D eigenvalue weighted by molar-refractivity contribution is -0.121. The molecule has 0 spiro atoms. The summed E-state index contributed by atoms with van der Waals surface area (Å²) in [5, 5.41) is 3.04. The molecule has 2 aliphatic rings. The van der Waals surface area contributed by atoms with E-state index in [0.717, 1.165) is 34.8 Å². The Morgan fingerprint density at radius 1 is 0.889 bits per heavy atom. The van der Waals surface area contributed by atoms with Gasteiger partial charge in [-0.15, -0.1) is 0 Å². The summed E-state index contributed by atoms with van der Waals surface area (Å²) in [5.41, 5.74) is 1.87. The molecule has 2 aromatic carbocycles. The van der Waals surface area contributed by atoms with E-state index in [4.69, 9.17) is 18.9 Å². The van der Waals surface area contributed by atoms with E-state index in [1.165, 1.54) is 0 Å². The molecule has 0 saturated carbocycles. The van der Waals surface area contributed by atoms with E-state index in [-0.39, 0.29) is 18.4 Å². The maximum Gasteiger partial charge on any atom is 0.224 e. The van der Waals surface area contributed by atoms with Crippen LogP contribution in [0.1, 0.15) is 30.5 Å². The Morgan fingerprint density at radius 3 is 2.33 bits per heavy atom. The number of hydrogen-bond acceptors (Lipinski definition) is 5. The van der Waals surface area contributed by atoms with Crippen molar-refractivity contribution in [2.24, 2.45) is 0 Å². The van der Waals surface area contributed by atoms with Crippen molar-refractivity contribution in [1.82, 2.24) is 5.32 Å². The topological polar surface area (TPSA) is 66.0 Å². The Balaban J connectivity index is 1.40. The number of benzene rings is 2. The minimum absolute atomic E-state index is 0.0497. The second-order valence-corrected chi connectivity index (χ2v) is 6.70. The highest BCUT2D eigenvalue weighted by Crippen LogP contribution is 2.33. The van der Waals surface area contributed by atoms with Crippen molar-refractivity contribution < 1.29 is 23.7 Å². The molecule has 0 aliphatic carbocycles. The lowest BCUT2D eigenvalue weighted by atomic mass is 10.1. The van der Waals surface area contributed by atoms with Crippen LogP contribution in [0.25, 0.3) is 0 Å². The number of nitrogens with one attached hydrogen (secondary N) is 1. The van der Waals surface area contributed by atoms with Gasteiger partial charge in [-0.25, -0.2) is 0 Å². The van der Waals surface area contributed by atoms with Gasteiger partial charge in [0.1, 0.15) is 13.2 Å². The second kappa shape index (κ2) is 7.78. The zero-order valence-corrected chi connectivity index (χ0v) is 15.3. The van der Waals surface area contributed by atoms with Crippen molar-refractivity contribution in [1.29, 1.82) is 0 Å². The molecule has 2 aliphatic heterocycles. The van der Waals surface area contributed by atoms with Crippen molar-refractivity contribution in [3.63, 3.8) is 0 Å². The summed E-state index contributed by atoms with van der Waals surface area (Å²) < 4.78 is 22.5. The van der Waals surface area contributed by atoms with Gasteiger partial charge < -0.3 is 24.3 Å². The van der Waals surface area contributed by atoms with Gasteiger partial charge in [0, 0.05) is 6.42 Å². The van der Waals surface area contributed by atoms with E-state index in [1.807, 2.05) is 43.3 Å². The molecule has 1 N–H and O–H groups in total. The minimum atomic E-state index is -0.133. The van der Waals surface area contributed by atoms with Gasteiger partial charge in [0.05, 0.1) is 25.7 Å². The molecule has 0 aromatic heterocycles. The molecule has 2 heterocycles. The van der Waals surface area contributed by atoms with Crippen molar-refractivity contribution in [2.75, 3.05) is 26.4 Å². The summed E-state index contributed by atoms with van der Waals surface area (Å²) >= 11 is 0. The third-order valence-electron chi connectivity index (χ3n) is 4.62. The fraction of sp³-hybridized carbons (Fsp3) is 0.381. The Labute approximate surface area is 158 Å². The Morgan fingerprint density at radius 2 is 1.52 bits per heavy atom. The van der Waals surface area contributed by atoms with Crippen LogP contribution in [0.3, 0.4) is 0 Å². The molecule has 142 valence electrons. The molecule has 0 radical (unpaired) electrons. The molecular formula is C21H23NO5. The average Bonchev–Trinajstić information content (AvgIpc) is 2.92. The predicted octanol–water partition coefficient (Wildman–Crippen LogP) is 3.04. The summed E-state index contributed by atoms with van der Waals surface area (Å²) in [6, 6.07) is 11.3. The van der Waals surface area contributed by atoms with Crippen LogP contribution in [0.4, 0.5) is 0 Å². The van der Waals surface area contributed by atoms with E-state index in [9.17, 15) is 4.79 Å². The molecular weight excluding hydrogens is 346 g/mol. The summed E-state index contributed by atoms with van der Waals surface area (Å²) in [4.78, 5) is 12.5. The number of hydrogen-bond donors (Lipinski definition) is 1. The van der Waals surface area contributed by atoms with Gasteiger partial charge in [-0.05, 0) is 42.3 Å². The largest absolute Gasteiger partial charge is 0.490 e. The standard InChI is InChI=1S/C21H23NO5/c1-14(16-4-6-18-20(13-16)25-8-2-7-24-18)22-21(23)12-15-3-5-17-19(11-15)27-10-9-26-17/h3-6,11,13-14H,2,7-10,12H2,1H3,(H,22,23)/t14-/m0/s1. The zero-order chi connectivity index (χ0) is 18.6. The molecule has 4 rings (SSSR count). The Hall–Kier alpha value is -2.89. The van der Waals surface area contributed by atoms with E-state index in [0.29, 0.717) is 32.2 Å². The van der Waals surface area contributed by atoms with E-state index >= 15 is 0 Å². The fourth-order valence-corrected chi connectivity index (χ4v) is 3.21. The number of rotatable bonds is 4. The highest BCUT2D eigenvalue weighted by molar-refractivity contribution is 5.79. The fourth-order valence-electron chi connectivity index (χ4n) is 3.21. The van der Waals surface area contributed by atoms with Gasteiger partial charge in [-0.2, -0.15) is 0 Å². The van der Waals surface area contributed by atoms with Gasteiger partial charge in [0.2, 0.25) is 5.91 Å². The summed E-state index contributed by atoms with van der Waals surface area (Å²) in [6.07, 6.45) is 1.15. The monoisotopic (exact) mass is 369 g/mol. The van der Waals surface area contributed by atoms with Crippen molar-refractivity contribution in [2.45, 2.75) is 25.8 Å².